The molecule has 2 heterocycles. The number of amides is 1. The molecule has 0 radical (unpaired) electrons. The van der Waals surface area contributed by atoms with Gasteiger partial charge >= 0.3 is 0 Å². The molecule has 0 aromatic rings. The van der Waals surface area contributed by atoms with Crippen molar-refractivity contribution in [2.45, 2.75) is 209 Å². The Morgan fingerprint density at radius 1 is 0.632 bits per heavy atom. The molecule has 332 valence electrons. The van der Waals surface area contributed by atoms with Gasteiger partial charge in [-0.3, -0.25) is 4.79 Å². The molecule has 2 fully saturated rings. The topological polar surface area (TPSA) is 228 Å². The van der Waals surface area contributed by atoms with E-state index in [1.807, 2.05) is 6.08 Å². The molecular formula is C43H77NO13. The molecule has 12 atom stereocenters. The highest BCUT2D eigenvalue weighted by Gasteiger charge is 2.50. The Bertz CT molecular complexity index is 1100. The summed E-state index contributed by atoms with van der Waals surface area (Å²) in [6.07, 6.45) is 14.9. The summed E-state index contributed by atoms with van der Waals surface area (Å²) in [4.78, 5) is 13.0. The molecule has 0 aromatic carbocycles. The second-order valence-corrected chi connectivity index (χ2v) is 15.5. The maximum absolute atomic E-state index is 13.0. The molecule has 0 aromatic heterocycles. The predicted octanol–water partition coefficient (Wildman–Crippen LogP) is 3.59. The zero-order valence-electron chi connectivity index (χ0n) is 34.6. The minimum Gasteiger partial charge on any atom is -0.394 e. The first-order valence-corrected chi connectivity index (χ1v) is 21.7. The minimum atomic E-state index is -1.79. The number of rotatable bonds is 31. The lowest BCUT2D eigenvalue weighted by Crippen LogP contribution is -2.65. The van der Waals surface area contributed by atoms with Crippen LogP contribution in [-0.2, 0) is 23.7 Å². The number of carbonyl (C=O) groups is 1. The van der Waals surface area contributed by atoms with Crippen LogP contribution >= 0.6 is 0 Å². The van der Waals surface area contributed by atoms with E-state index in [2.05, 4.69) is 43.5 Å². The van der Waals surface area contributed by atoms with Crippen LogP contribution in [0.1, 0.15) is 136 Å². The summed E-state index contributed by atoms with van der Waals surface area (Å²) in [6, 6.07) is -0.917. The Morgan fingerprint density at radius 2 is 1.18 bits per heavy atom. The SMILES string of the molecule is CCCC/C=C\C/C=C\CCCCCCCC(=O)NC(COC1OC(CO)C(OC2OC(CO)C(O)C(O)C2O)C(O)C1O)C(O)/C=C/CCCCCCCCC. The molecule has 2 rings (SSSR count). The van der Waals surface area contributed by atoms with Crippen molar-refractivity contribution in [3.8, 4) is 0 Å². The smallest absolute Gasteiger partial charge is 0.220 e. The van der Waals surface area contributed by atoms with Gasteiger partial charge in [0.15, 0.2) is 12.6 Å². The number of allylic oxidation sites excluding steroid dienone is 5. The molecule has 12 unspecified atom stereocenters. The largest absolute Gasteiger partial charge is 0.394 e. The lowest BCUT2D eigenvalue weighted by Gasteiger charge is -2.46. The van der Waals surface area contributed by atoms with Crippen molar-refractivity contribution < 1.29 is 64.6 Å². The first-order chi connectivity index (χ1) is 27.6. The van der Waals surface area contributed by atoms with Gasteiger partial charge in [0, 0.05) is 6.42 Å². The summed E-state index contributed by atoms with van der Waals surface area (Å²) in [5.74, 6) is -0.260. The molecule has 2 aliphatic heterocycles. The number of hydrogen-bond acceptors (Lipinski definition) is 13. The average Bonchev–Trinajstić information content (AvgIpc) is 3.21. The van der Waals surface area contributed by atoms with Crippen LogP contribution in [0.3, 0.4) is 0 Å². The Labute approximate surface area is 341 Å². The van der Waals surface area contributed by atoms with Crippen molar-refractivity contribution in [3.63, 3.8) is 0 Å². The molecule has 0 spiro atoms. The van der Waals surface area contributed by atoms with Gasteiger partial charge in [-0.15, -0.1) is 0 Å². The van der Waals surface area contributed by atoms with Crippen LogP contribution < -0.4 is 5.32 Å². The second kappa shape index (κ2) is 31.1. The first kappa shape index (κ1) is 51.4. The van der Waals surface area contributed by atoms with Gasteiger partial charge in [0.05, 0.1) is 32.0 Å². The molecule has 14 heteroatoms. The number of aliphatic hydroxyl groups is 8. The number of aliphatic hydroxyl groups excluding tert-OH is 8. The summed E-state index contributed by atoms with van der Waals surface area (Å²) in [6.45, 7) is 2.66. The van der Waals surface area contributed by atoms with Crippen molar-refractivity contribution in [3.05, 3.63) is 36.5 Å². The van der Waals surface area contributed by atoms with Crippen molar-refractivity contribution in [1.29, 1.82) is 0 Å². The van der Waals surface area contributed by atoms with E-state index < -0.39 is 86.8 Å². The van der Waals surface area contributed by atoms with E-state index in [9.17, 15) is 45.6 Å². The van der Waals surface area contributed by atoms with E-state index in [-0.39, 0.29) is 18.9 Å². The fraction of sp³-hybridized carbons (Fsp3) is 0.837. The van der Waals surface area contributed by atoms with Gasteiger partial charge < -0.3 is 65.1 Å². The molecule has 9 N–H and O–H groups in total. The van der Waals surface area contributed by atoms with Crippen LogP contribution in [0.2, 0.25) is 0 Å². The maximum Gasteiger partial charge on any atom is 0.220 e. The second-order valence-electron chi connectivity index (χ2n) is 15.5. The maximum atomic E-state index is 13.0. The third-order valence-corrected chi connectivity index (χ3v) is 10.6. The van der Waals surface area contributed by atoms with Crippen LogP contribution in [-0.4, -0.2) is 140 Å². The van der Waals surface area contributed by atoms with Crippen LogP contribution in [0.15, 0.2) is 36.5 Å². The molecule has 57 heavy (non-hydrogen) atoms. The lowest BCUT2D eigenvalue weighted by atomic mass is 9.97. The monoisotopic (exact) mass is 816 g/mol. The third kappa shape index (κ3) is 19.9. The number of hydrogen-bond donors (Lipinski definition) is 9. The number of unbranched alkanes of at least 4 members (excludes halogenated alkanes) is 14. The van der Waals surface area contributed by atoms with Crippen LogP contribution in [0.25, 0.3) is 0 Å². The fourth-order valence-electron chi connectivity index (χ4n) is 6.89. The molecule has 0 saturated carbocycles. The summed E-state index contributed by atoms with van der Waals surface area (Å²) < 4.78 is 22.5. The Morgan fingerprint density at radius 3 is 1.81 bits per heavy atom. The molecule has 0 aliphatic carbocycles. The average molecular weight is 816 g/mol. The molecule has 0 bridgehead atoms. The molecule has 14 nitrogen and oxygen atoms in total. The van der Waals surface area contributed by atoms with Gasteiger partial charge in [0.2, 0.25) is 5.91 Å². The van der Waals surface area contributed by atoms with E-state index in [0.29, 0.717) is 6.42 Å². The van der Waals surface area contributed by atoms with E-state index in [0.717, 1.165) is 70.6 Å². The standard InChI is InChI=1S/C43H77NO13/c1-3-5-7-9-11-13-14-15-16-17-19-21-23-25-27-35(48)44-31(32(47)26-24-22-20-18-12-10-8-6-4-2)30-54-42-40(53)38(51)41(34(29-46)56-42)57-43-39(52)37(50)36(49)33(28-45)55-43/h9,11,14-15,24,26,31-34,36-43,45-47,49-53H,3-8,10,12-13,16-23,25,27-30H2,1-2H3,(H,44,48)/b11-9-,15-14-,26-24+. The quantitative estimate of drug-likeness (QED) is 0.0361. The van der Waals surface area contributed by atoms with E-state index in [1.165, 1.54) is 38.5 Å². The van der Waals surface area contributed by atoms with Gasteiger partial charge in [-0.25, -0.2) is 0 Å². The Hall–Kier alpha value is -1.79. The molecule has 2 saturated heterocycles. The number of carbonyl (C=O) groups excluding carboxylic acids is 1. The van der Waals surface area contributed by atoms with E-state index in [4.69, 9.17) is 18.9 Å². The predicted molar refractivity (Wildman–Crippen MR) is 217 cm³/mol. The highest BCUT2D eigenvalue weighted by atomic mass is 16.7. The van der Waals surface area contributed by atoms with Crippen molar-refractivity contribution >= 4 is 5.91 Å². The van der Waals surface area contributed by atoms with Gasteiger partial charge in [0.1, 0.15) is 48.8 Å². The highest BCUT2D eigenvalue weighted by Crippen LogP contribution is 2.30. The van der Waals surface area contributed by atoms with E-state index >= 15 is 0 Å². The van der Waals surface area contributed by atoms with Gasteiger partial charge in [-0.05, 0) is 44.9 Å². The lowest BCUT2D eigenvalue weighted by molar-refractivity contribution is -0.359. The molecule has 2 aliphatic rings. The number of nitrogens with one attached hydrogen (secondary N) is 1. The fourth-order valence-corrected chi connectivity index (χ4v) is 6.89. The van der Waals surface area contributed by atoms with Crippen molar-refractivity contribution in [1.82, 2.24) is 5.32 Å². The van der Waals surface area contributed by atoms with Gasteiger partial charge in [-0.1, -0.05) is 121 Å². The number of ether oxygens (including phenoxy) is 4. The van der Waals surface area contributed by atoms with Gasteiger partial charge in [-0.2, -0.15) is 0 Å². The Kier molecular flexibility index (Phi) is 28.1. The minimum absolute atomic E-state index is 0.260. The highest BCUT2D eigenvalue weighted by molar-refractivity contribution is 5.76. The van der Waals surface area contributed by atoms with Crippen LogP contribution in [0, 0.1) is 0 Å². The van der Waals surface area contributed by atoms with Crippen molar-refractivity contribution in [2.75, 3.05) is 19.8 Å². The zero-order chi connectivity index (χ0) is 41.8. The zero-order valence-corrected chi connectivity index (χ0v) is 34.6. The third-order valence-electron chi connectivity index (χ3n) is 10.6. The van der Waals surface area contributed by atoms with E-state index in [1.54, 1.807) is 6.08 Å². The summed E-state index contributed by atoms with van der Waals surface area (Å²) >= 11 is 0. The van der Waals surface area contributed by atoms with Crippen LogP contribution in [0.4, 0.5) is 0 Å². The molecule has 1 amide bonds. The summed E-state index contributed by atoms with van der Waals surface area (Å²) in [7, 11) is 0. The van der Waals surface area contributed by atoms with Crippen LogP contribution in [0.5, 0.6) is 0 Å². The normalized spacial score (nSPS) is 29.4. The summed E-state index contributed by atoms with van der Waals surface area (Å²) in [5.41, 5.74) is 0. The Balaban J connectivity index is 1.92. The van der Waals surface area contributed by atoms with Gasteiger partial charge in [0.25, 0.3) is 0 Å². The first-order valence-electron chi connectivity index (χ1n) is 21.7. The summed E-state index contributed by atoms with van der Waals surface area (Å²) in [5, 5.41) is 86.2. The molecular weight excluding hydrogens is 738 g/mol. The van der Waals surface area contributed by atoms with Crippen molar-refractivity contribution in [2.24, 2.45) is 0 Å².